The van der Waals surface area contributed by atoms with Crippen molar-refractivity contribution >= 4 is 11.9 Å². The van der Waals surface area contributed by atoms with E-state index in [2.05, 4.69) is 20.6 Å². The molecule has 0 saturated heterocycles. The first-order chi connectivity index (χ1) is 10.9. The molecule has 2 aromatic rings. The summed E-state index contributed by atoms with van der Waals surface area (Å²) in [6.45, 7) is 6.38. The summed E-state index contributed by atoms with van der Waals surface area (Å²) in [5.41, 5.74) is 1.05. The van der Waals surface area contributed by atoms with Crippen LogP contribution >= 0.6 is 0 Å². The lowest BCUT2D eigenvalue weighted by atomic mass is 10.1. The first-order valence-electron chi connectivity index (χ1n) is 7.40. The van der Waals surface area contributed by atoms with Crippen molar-refractivity contribution in [2.75, 3.05) is 12.4 Å². The Morgan fingerprint density at radius 2 is 1.96 bits per heavy atom. The molecule has 122 valence electrons. The number of anilines is 1. The highest BCUT2D eigenvalue weighted by Gasteiger charge is 2.14. The van der Waals surface area contributed by atoms with Crippen molar-refractivity contribution in [1.82, 2.24) is 15.3 Å². The molecule has 0 fully saturated rings. The number of hydrogen-bond acceptors (Lipinski definition) is 5. The van der Waals surface area contributed by atoms with Gasteiger partial charge < -0.3 is 15.4 Å². The van der Waals surface area contributed by atoms with Gasteiger partial charge in [-0.3, -0.25) is 4.79 Å². The summed E-state index contributed by atoms with van der Waals surface area (Å²) in [5.74, 6) is 0.920. The standard InChI is InChI=1S/C17H22N4O2/c1-17(2,3)21-16-18-10-9-13(20-16)15(22)19-11-12-7-5-6-8-14(12)23-4/h5-10H,11H2,1-4H3,(H,19,22)(H,18,20,21). The SMILES string of the molecule is COc1ccccc1CNC(=O)c1ccnc(NC(C)(C)C)n1. The molecule has 0 saturated carbocycles. The number of carbonyl (C=O) groups excluding carboxylic acids is 1. The van der Waals surface area contributed by atoms with E-state index in [9.17, 15) is 4.79 Å². The molecule has 0 radical (unpaired) electrons. The van der Waals surface area contributed by atoms with Crippen molar-refractivity contribution in [3.8, 4) is 5.75 Å². The van der Waals surface area contributed by atoms with Gasteiger partial charge in [0.05, 0.1) is 7.11 Å². The minimum absolute atomic E-state index is 0.174. The molecule has 2 N–H and O–H groups in total. The molecule has 0 aliphatic carbocycles. The van der Waals surface area contributed by atoms with Crippen molar-refractivity contribution in [3.63, 3.8) is 0 Å². The van der Waals surface area contributed by atoms with Crippen LogP contribution < -0.4 is 15.4 Å². The van der Waals surface area contributed by atoms with Crippen molar-refractivity contribution in [3.05, 3.63) is 47.8 Å². The number of aromatic nitrogens is 2. The Kier molecular flexibility index (Phi) is 5.16. The van der Waals surface area contributed by atoms with Crippen LogP contribution in [0, 0.1) is 0 Å². The fourth-order valence-electron chi connectivity index (χ4n) is 2.00. The van der Waals surface area contributed by atoms with Gasteiger partial charge in [0.25, 0.3) is 5.91 Å². The van der Waals surface area contributed by atoms with Gasteiger partial charge in [0.15, 0.2) is 0 Å². The minimum Gasteiger partial charge on any atom is -0.496 e. The second kappa shape index (κ2) is 7.09. The predicted octanol–water partition coefficient (Wildman–Crippen LogP) is 2.63. The van der Waals surface area contributed by atoms with Gasteiger partial charge in [-0.2, -0.15) is 0 Å². The first kappa shape index (κ1) is 16.7. The first-order valence-corrected chi connectivity index (χ1v) is 7.40. The molecule has 6 heteroatoms. The van der Waals surface area contributed by atoms with Crippen LogP contribution in [0.25, 0.3) is 0 Å². The van der Waals surface area contributed by atoms with Crippen LogP contribution in [0.1, 0.15) is 36.8 Å². The fraction of sp³-hybridized carbons (Fsp3) is 0.353. The molecule has 0 spiro atoms. The highest BCUT2D eigenvalue weighted by molar-refractivity contribution is 5.92. The Morgan fingerprint density at radius 1 is 1.22 bits per heavy atom. The van der Waals surface area contributed by atoms with Crippen LogP contribution in [-0.2, 0) is 6.54 Å². The van der Waals surface area contributed by atoms with E-state index in [1.807, 2.05) is 45.0 Å². The predicted molar refractivity (Wildman–Crippen MR) is 89.6 cm³/mol. The molecule has 6 nitrogen and oxygen atoms in total. The third-order valence-corrected chi connectivity index (χ3v) is 3.01. The Hall–Kier alpha value is -2.63. The number of methoxy groups -OCH3 is 1. The average molecular weight is 314 g/mol. The molecular weight excluding hydrogens is 292 g/mol. The number of carbonyl (C=O) groups is 1. The van der Waals surface area contributed by atoms with Crippen molar-refractivity contribution in [1.29, 1.82) is 0 Å². The number of benzene rings is 1. The molecule has 0 aliphatic heterocycles. The molecule has 0 bridgehead atoms. The molecular formula is C17H22N4O2. The van der Waals surface area contributed by atoms with Gasteiger partial charge >= 0.3 is 0 Å². The number of rotatable bonds is 5. The third-order valence-electron chi connectivity index (χ3n) is 3.01. The molecule has 1 aromatic carbocycles. The number of amides is 1. The van der Waals surface area contributed by atoms with E-state index in [-0.39, 0.29) is 11.4 Å². The van der Waals surface area contributed by atoms with Crippen LogP contribution in [0.4, 0.5) is 5.95 Å². The molecule has 1 amide bonds. The average Bonchev–Trinajstić information content (AvgIpc) is 2.51. The van der Waals surface area contributed by atoms with Crippen molar-refractivity contribution < 1.29 is 9.53 Å². The molecule has 0 aliphatic rings. The summed E-state index contributed by atoms with van der Waals surface area (Å²) in [5, 5.41) is 5.99. The van der Waals surface area contributed by atoms with Gasteiger partial charge in [-0.05, 0) is 32.9 Å². The zero-order valence-corrected chi connectivity index (χ0v) is 13.9. The Bertz CT molecular complexity index is 680. The Balaban J connectivity index is 2.05. The maximum absolute atomic E-state index is 12.3. The topological polar surface area (TPSA) is 76.1 Å². The molecule has 23 heavy (non-hydrogen) atoms. The zero-order valence-electron chi connectivity index (χ0n) is 13.9. The van der Waals surface area contributed by atoms with E-state index in [4.69, 9.17) is 4.74 Å². The second-order valence-corrected chi connectivity index (χ2v) is 6.14. The smallest absolute Gasteiger partial charge is 0.270 e. The van der Waals surface area contributed by atoms with E-state index < -0.39 is 0 Å². The highest BCUT2D eigenvalue weighted by Crippen LogP contribution is 2.17. The summed E-state index contributed by atoms with van der Waals surface area (Å²) in [7, 11) is 1.61. The van der Waals surface area contributed by atoms with E-state index in [0.717, 1.165) is 11.3 Å². The van der Waals surface area contributed by atoms with E-state index >= 15 is 0 Å². The maximum Gasteiger partial charge on any atom is 0.270 e. The Morgan fingerprint density at radius 3 is 2.65 bits per heavy atom. The summed E-state index contributed by atoms with van der Waals surface area (Å²) < 4.78 is 5.27. The molecule has 0 unspecified atom stereocenters. The number of ether oxygens (including phenoxy) is 1. The lowest BCUT2D eigenvalue weighted by Gasteiger charge is -2.20. The van der Waals surface area contributed by atoms with Crippen LogP contribution in [0.3, 0.4) is 0 Å². The lowest BCUT2D eigenvalue weighted by molar-refractivity contribution is 0.0945. The fourth-order valence-corrected chi connectivity index (χ4v) is 2.00. The van der Waals surface area contributed by atoms with E-state index in [1.54, 1.807) is 19.4 Å². The highest BCUT2D eigenvalue weighted by atomic mass is 16.5. The third kappa shape index (κ3) is 4.95. The van der Waals surface area contributed by atoms with E-state index in [0.29, 0.717) is 18.2 Å². The number of nitrogens with one attached hydrogen (secondary N) is 2. The van der Waals surface area contributed by atoms with Gasteiger partial charge in [0.2, 0.25) is 5.95 Å². The normalized spacial score (nSPS) is 11.0. The second-order valence-electron chi connectivity index (χ2n) is 6.14. The summed E-state index contributed by atoms with van der Waals surface area (Å²) in [6, 6.07) is 9.15. The minimum atomic E-state index is -0.254. The molecule has 1 aromatic heterocycles. The van der Waals surface area contributed by atoms with Crippen LogP contribution in [0.5, 0.6) is 5.75 Å². The summed E-state index contributed by atoms with van der Waals surface area (Å²) in [6.07, 6.45) is 1.57. The number of para-hydroxylation sites is 1. The molecule has 1 heterocycles. The van der Waals surface area contributed by atoms with Crippen molar-refractivity contribution in [2.45, 2.75) is 32.9 Å². The lowest BCUT2D eigenvalue weighted by Crippen LogP contribution is -2.29. The number of hydrogen-bond donors (Lipinski definition) is 2. The molecule has 0 atom stereocenters. The Labute approximate surface area is 136 Å². The number of nitrogens with zero attached hydrogens (tertiary/aromatic N) is 2. The van der Waals surface area contributed by atoms with Crippen LogP contribution in [-0.4, -0.2) is 28.5 Å². The summed E-state index contributed by atoms with van der Waals surface area (Å²) in [4.78, 5) is 20.6. The summed E-state index contributed by atoms with van der Waals surface area (Å²) >= 11 is 0. The van der Waals surface area contributed by atoms with Gasteiger partial charge in [0, 0.05) is 23.8 Å². The molecule has 2 rings (SSSR count). The monoisotopic (exact) mass is 314 g/mol. The van der Waals surface area contributed by atoms with Crippen LogP contribution in [0.15, 0.2) is 36.5 Å². The van der Waals surface area contributed by atoms with E-state index in [1.165, 1.54) is 0 Å². The zero-order chi connectivity index (χ0) is 16.9. The van der Waals surface area contributed by atoms with Gasteiger partial charge in [0.1, 0.15) is 11.4 Å². The van der Waals surface area contributed by atoms with Crippen molar-refractivity contribution in [2.24, 2.45) is 0 Å². The van der Waals surface area contributed by atoms with Crippen LogP contribution in [0.2, 0.25) is 0 Å². The quantitative estimate of drug-likeness (QED) is 0.887. The maximum atomic E-state index is 12.3. The largest absolute Gasteiger partial charge is 0.496 e. The van der Waals surface area contributed by atoms with Gasteiger partial charge in [-0.15, -0.1) is 0 Å². The van der Waals surface area contributed by atoms with Gasteiger partial charge in [-0.1, -0.05) is 18.2 Å². The van der Waals surface area contributed by atoms with Gasteiger partial charge in [-0.25, -0.2) is 9.97 Å².